The van der Waals surface area contributed by atoms with Gasteiger partial charge >= 0.3 is 5.97 Å². The fourth-order valence-corrected chi connectivity index (χ4v) is 4.33. The molecule has 2 rings (SSSR count). The molecule has 1 atom stereocenters. The van der Waals surface area contributed by atoms with Gasteiger partial charge in [0.1, 0.15) is 6.04 Å². The van der Waals surface area contributed by atoms with Gasteiger partial charge in [-0.25, -0.2) is 8.42 Å². The zero-order valence-corrected chi connectivity index (χ0v) is 12.7. The number of halogens is 1. The highest BCUT2D eigenvalue weighted by Gasteiger charge is 2.37. The van der Waals surface area contributed by atoms with Crippen molar-refractivity contribution in [3.05, 3.63) is 28.8 Å². The zero-order valence-electron chi connectivity index (χ0n) is 11.1. The van der Waals surface area contributed by atoms with Crippen molar-refractivity contribution in [3.8, 4) is 12.3 Å². The predicted molar refractivity (Wildman–Crippen MR) is 78.6 cm³/mol. The molecule has 0 aliphatic carbocycles. The molecule has 21 heavy (non-hydrogen) atoms. The molecule has 0 spiro atoms. The van der Waals surface area contributed by atoms with Crippen LogP contribution in [0.4, 0.5) is 0 Å². The van der Waals surface area contributed by atoms with E-state index in [2.05, 4.69) is 5.92 Å². The lowest BCUT2D eigenvalue weighted by Gasteiger charge is -2.31. The third kappa shape index (κ3) is 3.05. The van der Waals surface area contributed by atoms with Gasteiger partial charge in [-0.2, -0.15) is 4.31 Å². The van der Waals surface area contributed by atoms with E-state index in [1.807, 2.05) is 0 Å². The van der Waals surface area contributed by atoms with Gasteiger partial charge in [0.05, 0.1) is 9.92 Å². The van der Waals surface area contributed by atoms with Crippen LogP contribution in [0.15, 0.2) is 23.1 Å². The van der Waals surface area contributed by atoms with Crippen molar-refractivity contribution in [1.82, 2.24) is 4.31 Å². The summed E-state index contributed by atoms with van der Waals surface area (Å²) in [6.45, 7) is 0.188. The number of nitrogens with zero attached hydrogens (tertiary/aromatic N) is 1. The molecule has 7 heteroatoms. The number of carboxylic acid groups (broad SMARTS) is 1. The average molecular weight is 328 g/mol. The Kier molecular flexibility index (Phi) is 4.57. The second kappa shape index (κ2) is 6.06. The van der Waals surface area contributed by atoms with Crippen LogP contribution in [0, 0.1) is 12.3 Å². The highest BCUT2D eigenvalue weighted by atomic mass is 35.5. The van der Waals surface area contributed by atoms with Crippen LogP contribution in [-0.4, -0.2) is 36.4 Å². The van der Waals surface area contributed by atoms with Gasteiger partial charge in [-0.1, -0.05) is 17.5 Å². The highest BCUT2D eigenvalue weighted by Crippen LogP contribution is 2.28. The predicted octanol–water partition coefficient (Wildman–Crippen LogP) is 1.95. The number of benzene rings is 1. The van der Waals surface area contributed by atoms with Crippen LogP contribution in [0.3, 0.4) is 0 Å². The lowest BCUT2D eigenvalue weighted by molar-refractivity contribution is -0.142. The van der Waals surface area contributed by atoms with Gasteiger partial charge in [0.15, 0.2) is 0 Å². The Balaban J connectivity index is 2.43. The number of carbonyl (C=O) groups is 1. The SMILES string of the molecule is C#Cc1ccc(S(=O)(=O)N2CCCCC2C(=O)O)cc1Cl. The molecule has 1 saturated heterocycles. The summed E-state index contributed by atoms with van der Waals surface area (Å²) in [6.07, 6.45) is 6.88. The summed E-state index contributed by atoms with van der Waals surface area (Å²) in [6, 6.07) is 3.02. The van der Waals surface area contributed by atoms with Gasteiger partial charge in [-0.05, 0) is 37.5 Å². The van der Waals surface area contributed by atoms with E-state index in [9.17, 15) is 18.3 Å². The van der Waals surface area contributed by atoms with Crippen molar-refractivity contribution in [3.63, 3.8) is 0 Å². The van der Waals surface area contributed by atoms with Gasteiger partial charge in [-0.15, -0.1) is 6.42 Å². The molecule has 0 saturated carbocycles. The Morgan fingerprint density at radius 1 is 1.43 bits per heavy atom. The smallest absolute Gasteiger partial charge is 0.322 e. The monoisotopic (exact) mass is 327 g/mol. The van der Waals surface area contributed by atoms with Gasteiger partial charge < -0.3 is 5.11 Å². The Morgan fingerprint density at radius 3 is 2.71 bits per heavy atom. The zero-order chi connectivity index (χ0) is 15.6. The molecule has 0 bridgehead atoms. The van der Waals surface area contributed by atoms with E-state index in [1.54, 1.807) is 0 Å². The van der Waals surface area contributed by atoms with Crippen molar-refractivity contribution in [1.29, 1.82) is 0 Å². The quantitative estimate of drug-likeness (QED) is 0.861. The third-order valence-electron chi connectivity index (χ3n) is 3.44. The molecule has 1 heterocycles. The van der Waals surface area contributed by atoms with Crippen LogP contribution in [0.2, 0.25) is 5.02 Å². The molecule has 0 amide bonds. The minimum atomic E-state index is -3.90. The first-order valence-corrected chi connectivity index (χ1v) is 8.20. The molecule has 1 aromatic rings. The van der Waals surface area contributed by atoms with E-state index >= 15 is 0 Å². The van der Waals surface area contributed by atoms with Crippen LogP contribution in [0.25, 0.3) is 0 Å². The van der Waals surface area contributed by atoms with Gasteiger partial charge in [0.25, 0.3) is 0 Å². The Hall–Kier alpha value is -1.55. The number of rotatable bonds is 3. The van der Waals surface area contributed by atoms with Gasteiger partial charge in [0, 0.05) is 12.1 Å². The number of carboxylic acids is 1. The number of hydrogen-bond donors (Lipinski definition) is 1. The standard InChI is InChI=1S/C14H14ClNO4S/c1-2-10-6-7-11(9-12(10)15)21(19,20)16-8-4-3-5-13(16)14(17)18/h1,6-7,9,13H,3-5,8H2,(H,17,18). The Morgan fingerprint density at radius 2 is 2.14 bits per heavy atom. The lowest BCUT2D eigenvalue weighted by Crippen LogP contribution is -2.47. The maximum absolute atomic E-state index is 12.6. The van der Waals surface area contributed by atoms with Crippen molar-refractivity contribution in [2.75, 3.05) is 6.54 Å². The lowest BCUT2D eigenvalue weighted by atomic mass is 10.1. The van der Waals surface area contributed by atoms with Gasteiger partial charge in [0.2, 0.25) is 10.0 Å². The van der Waals surface area contributed by atoms with Crippen LogP contribution in [0.1, 0.15) is 24.8 Å². The molecular formula is C14H14ClNO4S. The largest absolute Gasteiger partial charge is 0.480 e. The summed E-state index contributed by atoms with van der Waals surface area (Å²) in [5, 5.41) is 9.35. The molecule has 0 aromatic heterocycles. The van der Waals surface area contributed by atoms with Crippen LogP contribution in [-0.2, 0) is 14.8 Å². The van der Waals surface area contributed by atoms with E-state index in [1.165, 1.54) is 18.2 Å². The first-order chi connectivity index (χ1) is 9.87. The summed E-state index contributed by atoms with van der Waals surface area (Å²) in [7, 11) is -3.90. The number of terminal acetylenes is 1. The maximum Gasteiger partial charge on any atom is 0.322 e. The molecule has 1 aromatic carbocycles. The maximum atomic E-state index is 12.6. The molecule has 5 nitrogen and oxygen atoms in total. The fraction of sp³-hybridized carbons (Fsp3) is 0.357. The first-order valence-electron chi connectivity index (χ1n) is 6.38. The van der Waals surface area contributed by atoms with E-state index in [4.69, 9.17) is 18.0 Å². The number of piperidine rings is 1. The topological polar surface area (TPSA) is 74.7 Å². The normalized spacial score (nSPS) is 19.9. The molecule has 1 unspecified atom stereocenters. The number of sulfonamides is 1. The summed E-state index contributed by atoms with van der Waals surface area (Å²) < 4.78 is 26.2. The van der Waals surface area contributed by atoms with Crippen LogP contribution in [0.5, 0.6) is 0 Å². The van der Waals surface area contributed by atoms with Gasteiger partial charge in [-0.3, -0.25) is 4.79 Å². The minimum Gasteiger partial charge on any atom is -0.480 e. The van der Waals surface area contributed by atoms with Crippen LogP contribution >= 0.6 is 11.6 Å². The van der Waals surface area contributed by atoms with E-state index in [0.717, 1.165) is 4.31 Å². The molecule has 1 aliphatic heterocycles. The molecule has 1 N–H and O–H groups in total. The first kappa shape index (κ1) is 15.8. The van der Waals surface area contributed by atoms with Crippen LogP contribution < -0.4 is 0 Å². The minimum absolute atomic E-state index is 0.0420. The molecule has 112 valence electrons. The average Bonchev–Trinajstić information content (AvgIpc) is 2.47. The van der Waals surface area contributed by atoms with Crippen molar-refractivity contribution in [2.24, 2.45) is 0 Å². The van der Waals surface area contributed by atoms with Crippen molar-refractivity contribution < 1.29 is 18.3 Å². The van der Waals surface area contributed by atoms with E-state index in [0.29, 0.717) is 24.8 Å². The number of hydrogen-bond acceptors (Lipinski definition) is 3. The summed E-state index contributed by atoms with van der Waals surface area (Å²) in [4.78, 5) is 11.2. The molecule has 1 fully saturated rings. The Labute approximate surface area is 128 Å². The second-order valence-corrected chi connectivity index (χ2v) is 7.05. The highest BCUT2D eigenvalue weighted by molar-refractivity contribution is 7.89. The summed E-state index contributed by atoms with van der Waals surface area (Å²) in [5.41, 5.74) is 0.393. The second-order valence-electron chi connectivity index (χ2n) is 4.75. The van der Waals surface area contributed by atoms with Crippen molar-refractivity contribution >= 4 is 27.6 Å². The van der Waals surface area contributed by atoms with E-state index < -0.39 is 22.0 Å². The third-order valence-corrected chi connectivity index (χ3v) is 5.66. The summed E-state index contributed by atoms with van der Waals surface area (Å²) >= 11 is 5.93. The van der Waals surface area contributed by atoms with Crippen molar-refractivity contribution in [2.45, 2.75) is 30.2 Å². The summed E-state index contributed by atoms with van der Waals surface area (Å²) in [5.74, 6) is 1.21. The molecule has 1 aliphatic rings. The molecule has 0 radical (unpaired) electrons. The number of aliphatic carboxylic acids is 1. The molecular weight excluding hydrogens is 314 g/mol. The Bertz CT molecular complexity index is 708. The fourth-order valence-electron chi connectivity index (χ4n) is 2.35. The van der Waals surface area contributed by atoms with E-state index in [-0.39, 0.29) is 16.5 Å².